The third-order valence-electron chi connectivity index (χ3n) is 2.53. The fourth-order valence-corrected chi connectivity index (χ4v) is 2.06. The lowest BCUT2D eigenvalue weighted by Crippen LogP contribution is -1.97. The van der Waals surface area contributed by atoms with Crippen LogP contribution >= 0.6 is 11.3 Å². The molecule has 0 fully saturated rings. The summed E-state index contributed by atoms with van der Waals surface area (Å²) in [6, 6.07) is 5.74. The summed E-state index contributed by atoms with van der Waals surface area (Å²) in [5, 5.41) is 9.47. The number of aryl methyl sites for hydroxylation is 1. The van der Waals surface area contributed by atoms with Crippen LogP contribution < -0.4 is 4.74 Å². The highest BCUT2D eigenvalue weighted by Crippen LogP contribution is 2.23. The molecule has 1 atom stereocenters. The maximum absolute atomic E-state index is 9.47. The number of ether oxygens (including phenoxy) is 1. The van der Waals surface area contributed by atoms with Crippen LogP contribution in [0.3, 0.4) is 0 Å². The summed E-state index contributed by atoms with van der Waals surface area (Å²) in [6.45, 7) is 4.28. The molecule has 3 nitrogen and oxygen atoms in total. The van der Waals surface area contributed by atoms with Crippen molar-refractivity contribution < 1.29 is 9.84 Å². The zero-order valence-corrected chi connectivity index (χ0v) is 10.7. The molecule has 1 aromatic carbocycles. The van der Waals surface area contributed by atoms with E-state index in [2.05, 4.69) is 4.98 Å². The summed E-state index contributed by atoms with van der Waals surface area (Å²) in [4.78, 5) is 5.10. The largest absolute Gasteiger partial charge is 0.488 e. The normalized spacial score (nSPS) is 12.4. The second kappa shape index (κ2) is 5.29. The first kappa shape index (κ1) is 12.1. The Hall–Kier alpha value is -1.39. The summed E-state index contributed by atoms with van der Waals surface area (Å²) >= 11 is 1.58. The van der Waals surface area contributed by atoms with Crippen LogP contribution in [0.25, 0.3) is 0 Å². The first-order chi connectivity index (χ1) is 8.16. The predicted octanol–water partition coefficient (Wildman–Crippen LogP) is 3.08. The van der Waals surface area contributed by atoms with Gasteiger partial charge in [-0.25, -0.2) is 0 Å². The van der Waals surface area contributed by atoms with Crippen molar-refractivity contribution in [2.24, 2.45) is 0 Å². The van der Waals surface area contributed by atoms with Gasteiger partial charge in [-0.3, -0.25) is 4.98 Å². The minimum atomic E-state index is -0.441. The third kappa shape index (κ3) is 3.05. The van der Waals surface area contributed by atoms with E-state index in [1.807, 2.05) is 31.3 Å². The Bertz CT molecular complexity index is 480. The minimum Gasteiger partial charge on any atom is -0.488 e. The molecule has 0 aliphatic rings. The number of nitrogens with zero attached hydrogens (tertiary/aromatic N) is 1. The molecule has 1 aromatic heterocycles. The Balaban J connectivity index is 2.06. The first-order valence-electron chi connectivity index (χ1n) is 5.45. The molecule has 4 heteroatoms. The van der Waals surface area contributed by atoms with E-state index in [0.29, 0.717) is 6.61 Å². The highest BCUT2D eigenvalue weighted by atomic mass is 32.1. The Morgan fingerprint density at radius 1 is 1.47 bits per heavy atom. The van der Waals surface area contributed by atoms with E-state index in [1.165, 1.54) is 0 Å². The predicted molar refractivity (Wildman–Crippen MR) is 68.3 cm³/mol. The average Bonchev–Trinajstić information content (AvgIpc) is 2.80. The smallest absolute Gasteiger partial charge is 0.124 e. The number of rotatable bonds is 4. The van der Waals surface area contributed by atoms with E-state index < -0.39 is 6.10 Å². The topological polar surface area (TPSA) is 42.4 Å². The lowest BCUT2D eigenvalue weighted by atomic mass is 10.1. The second-order valence-electron chi connectivity index (χ2n) is 3.96. The molecule has 0 bridgehead atoms. The number of aliphatic hydroxyl groups is 1. The Morgan fingerprint density at radius 2 is 2.29 bits per heavy atom. The fourth-order valence-electron chi connectivity index (χ4n) is 1.56. The second-order valence-corrected chi connectivity index (χ2v) is 4.93. The number of hydrogen-bond donors (Lipinski definition) is 1. The van der Waals surface area contributed by atoms with Crippen molar-refractivity contribution in [2.45, 2.75) is 26.6 Å². The van der Waals surface area contributed by atoms with Gasteiger partial charge in [0.05, 0.1) is 16.5 Å². The summed E-state index contributed by atoms with van der Waals surface area (Å²) in [5.74, 6) is 0.850. The molecule has 0 spiro atoms. The van der Waals surface area contributed by atoms with Crippen molar-refractivity contribution >= 4 is 11.3 Å². The number of aliphatic hydroxyl groups excluding tert-OH is 1. The molecule has 90 valence electrons. The van der Waals surface area contributed by atoms with Gasteiger partial charge in [0.25, 0.3) is 0 Å². The molecule has 2 aromatic rings. The molecule has 0 unspecified atom stereocenters. The SMILES string of the molecule is Cc1cc([C@H](C)O)ccc1OCc1cncs1. The summed E-state index contributed by atoms with van der Waals surface area (Å²) in [7, 11) is 0. The van der Waals surface area contributed by atoms with Crippen LogP contribution in [0.4, 0.5) is 0 Å². The van der Waals surface area contributed by atoms with Gasteiger partial charge in [0.15, 0.2) is 0 Å². The third-order valence-corrected chi connectivity index (χ3v) is 3.29. The van der Waals surface area contributed by atoms with Gasteiger partial charge in [0.1, 0.15) is 12.4 Å². The molecule has 0 saturated heterocycles. The lowest BCUT2D eigenvalue weighted by molar-refractivity contribution is 0.199. The van der Waals surface area contributed by atoms with Crippen LogP contribution in [-0.4, -0.2) is 10.1 Å². The van der Waals surface area contributed by atoms with Gasteiger partial charge < -0.3 is 9.84 Å². The average molecular weight is 249 g/mol. The molecule has 0 aliphatic heterocycles. The van der Waals surface area contributed by atoms with E-state index in [-0.39, 0.29) is 0 Å². The first-order valence-corrected chi connectivity index (χ1v) is 6.33. The van der Waals surface area contributed by atoms with E-state index in [9.17, 15) is 5.11 Å². The number of aromatic nitrogens is 1. The lowest BCUT2D eigenvalue weighted by Gasteiger charge is -2.11. The maximum Gasteiger partial charge on any atom is 0.124 e. The molecule has 0 radical (unpaired) electrons. The van der Waals surface area contributed by atoms with Gasteiger partial charge in [-0.05, 0) is 37.1 Å². The molecule has 2 rings (SSSR count). The number of benzene rings is 1. The van der Waals surface area contributed by atoms with Gasteiger partial charge in [0, 0.05) is 6.20 Å². The summed E-state index contributed by atoms with van der Waals surface area (Å²) in [5.41, 5.74) is 3.74. The van der Waals surface area contributed by atoms with Crippen molar-refractivity contribution in [3.8, 4) is 5.75 Å². The highest BCUT2D eigenvalue weighted by molar-refractivity contribution is 7.09. The van der Waals surface area contributed by atoms with Crippen LogP contribution in [0.5, 0.6) is 5.75 Å². The van der Waals surface area contributed by atoms with Gasteiger partial charge in [-0.15, -0.1) is 11.3 Å². The standard InChI is InChI=1S/C13H15NO2S/c1-9-5-11(10(2)15)3-4-13(9)16-7-12-6-14-8-17-12/h3-6,8,10,15H,7H2,1-2H3/t10-/m0/s1. The zero-order chi connectivity index (χ0) is 12.3. The quantitative estimate of drug-likeness (QED) is 0.905. The van der Waals surface area contributed by atoms with Crippen LogP contribution in [0, 0.1) is 6.92 Å². The molecular weight excluding hydrogens is 234 g/mol. The maximum atomic E-state index is 9.47. The van der Waals surface area contributed by atoms with Crippen LogP contribution in [0.1, 0.15) is 29.0 Å². The molecule has 0 amide bonds. The van der Waals surface area contributed by atoms with Crippen molar-refractivity contribution in [1.82, 2.24) is 4.98 Å². The number of hydrogen-bond acceptors (Lipinski definition) is 4. The van der Waals surface area contributed by atoms with E-state index in [1.54, 1.807) is 23.8 Å². The molecule has 0 saturated carbocycles. The van der Waals surface area contributed by atoms with Gasteiger partial charge in [-0.1, -0.05) is 6.07 Å². The Kier molecular flexibility index (Phi) is 3.76. The molecule has 1 N–H and O–H groups in total. The summed E-state index contributed by atoms with van der Waals surface area (Å²) < 4.78 is 5.70. The van der Waals surface area contributed by atoms with Crippen LogP contribution in [0.15, 0.2) is 29.9 Å². The summed E-state index contributed by atoms with van der Waals surface area (Å²) in [6.07, 6.45) is 1.37. The molecular formula is C13H15NO2S. The van der Waals surface area contributed by atoms with E-state index >= 15 is 0 Å². The van der Waals surface area contributed by atoms with Crippen LogP contribution in [-0.2, 0) is 6.61 Å². The van der Waals surface area contributed by atoms with Crippen molar-refractivity contribution in [2.75, 3.05) is 0 Å². The van der Waals surface area contributed by atoms with E-state index in [0.717, 1.165) is 21.8 Å². The van der Waals surface area contributed by atoms with E-state index in [4.69, 9.17) is 4.74 Å². The minimum absolute atomic E-state index is 0.441. The Labute approximate surface area is 105 Å². The zero-order valence-electron chi connectivity index (χ0n) is 9.88. The fraction of sp³-hybridized carbons (Fsp3) is 0.308. The van der Waals surface area contributed by atoms with Crippen molar-refractivity contribution in [3.05, 3.63) is 45.9 Å². The molecule has 0 aliphatic carbocycles. The molecule has 17 heavy (non-hydrogen) atoms. The Morgan fingerprint density at radius 3 is 2.88 bits per heavy atom. The van der Waals surface area contributed by atoms with Gasteiger partial charge in [0.2, 0.25) is 0 Å². The van der Waals surface area contributed by atoms with Crippen LogP contribution in [0.2, 0.25) is 0 Å². The van der Waals surface area contributed by atoms with Gasteiger partial charge in [-0.2, -0.15) is 0 Å². The monoisotopic (exact) mass is 249 g/mol. The van der Waals surface area contributed by atoms with Gasteiger partial charge >= 0.3 is 0 Å². The van der Waals surface area contributed by atoms with Crippen molar-refractivity contribution in [3.63, 3.8) is 0 Å². The number of thiazole rings is 1. The van der Waals surface area contributed by atoms with Crippen molar-refractivity contribution in [1.29, 1.82) is 0 Å². The highest BCUT2D eigenvalue weighted by Gasteiger charge is 2.05. The molecule has 1 heterocycles.